The third-order valence-electron chi connectivity index (χ3n) is 2.95. The van der Waals surface area contributed by atoms with Crippen molar-refractivity contribution >= 4 is 50.6 Å². The predicted molar refractivity (Wildman–Crippen MR) is 85.6 cm³/mol. The van der Waals surface area contributed by atoms with Crippen LogP contribution in [0.2, 0.25) is 10.0 Å². The molecule has 6 nitrogen and oxygen atoms in total. The molecule has 0 bridgehead atoms. The second-order valence-electron chi connectivity index (χ2n) is 4.59. The number of guanidine groups is 1. The number of aliphatic imine (C=N–C) groups is 1. The normalized spacial score (nSPS) is 15.3. The number of benzene rings is 2. The van der Waals surface area contributed by atoms with Gasteiger partial charge in [0.05, 0.1) is 10.7 Å². The number of anilines is 1. The zero-order valence-electron chi connectivity index (χ0n) is 11.1. The summed E-state index contributed by atoms with van der Waals surface area (Å²) in [5.41, 5.74) is 0.0384. The molecule has 3 N–H and O–H groups in total. The minimum Gasteiger partial charge on any atom is -0.506 e. The van der Waals surface area contributed by atoms with Gasteiger partial charge < -0.3 is 10.4 Å². The molecule has 0 atom stereocenters. The van der Waals surface area contributed by atoms with Gasteiger partial charge in [0.1, 0.15) is 22.1 Å². The van der Waals surface area contributed by atoms with Crippen molar-refractivity contribution in [3.8, 4) is 5.75 Å². The lowest BCUT2D eigenvalue weighted by Crippen LogP contribution is -2.38. The summed E-state index contributed by atoms with van der Waals surface area (Å²) in [6.45, 7) is 0. The van der Waals surface area contributed by atoms with Crippen LogP contribution in [0.25, 0.3) is 0 Å². The van der Waals surface area contributed by atoms with Crippen LogP contribution in [-0.4, -0.2) is 19.5 Å². The van der Waals surface area contributed by atoms with E-state index in [-0.39, 0.29) is 16.7 Å². The third kappa shape index (κ3) is 3.05. The number of nitrogens with one attached hydrogen (secondary N) is 2. The van der Waals surface area contributed by atoms with E-state index < -0.39 is 26.5 Å². The topological polar surface area (TPSA) is 90.8 Å². The quantitative estimate of drug-likeness (QED) is 0.713. The second kappa shape index (κ2) is 5.55. The fourth-order valence-corrected chi connectivity index (χ4v) is 3.44. The van der Waals surface area contributed by atoms with Crippen molar-refractivity contribution in [1.82, 2.24) is 4.72 Å². The van der Waals surface area contributed by atoms with Crippen molar-refractivity contribution in [3.05, 3.63) is 46.2 Å². The van der Waals surface area contributed by atoms with E-state index in [1.165, 1.54) is 12.1 Å². The average Bonchev–Trinajstić information content (AvgIpc) is 2.44. The van der Waals surface area contributed by atoms with E-state index >= 15 is 0 Å². The van der Waals surface area contributed by atoms with E-state index in [4.69, 9.17) is 23.2 Å². The number of halogens is 3. The molecular formula is C13H8Cl2FN3O3S. The van der Waals surface area contributed by atoms with Crippen molar-refractivity contribution < 1.29 is 17.9 Å². The van der Waals surface area contributed by atoms with Crippen molar-refractivity contribution in [1.29, 1.82) is 0 Å². The van der Waals surface area contributed by atoms with Crippen LogP contribution in [0.3, 0.4) is 0 Å². The smallest absolute Gasteiger partial charge is 0.266 e. The summed E-state index contributed by atoms with van der Waals surface area (Å²) in [6.07, 6.45) is 0. The molecule has 2 aromatic rings. The van der Waals surface area contributed by atoms with Gasteiger partial charge in [0.25, 0.3) is 10.0 Å². The molecule has 0 saturated carbocycles. The fourth-order valence-electron chi connectivity index (χ4n) is 1.97. The molecule has 1 heterocycles. The summed E-state index contributed by atoms with van der Waals surface area (Å²) in [5.74, 6) is -1.69. The minimum absolute atomic E-state index is 0.205. The first-order valence-corrected chi connectivity index (χ1v) is 8.36. The summed E-state index contributed by atoms with van der Waals surface area (Å²) < 4.78 is 39.7. The van der Waals surface area contributed by atoms with Gasteiger partial charge in [0.15, 0.2) is 0 Å². The van der Waals surface area contributed by atoms with Crippen LogP contribution in [0.5, 0.6) is 5.75 Å². The Morgan fingerprint density at radius 1 is 1.22 bits per heavy atom. The summed E-state index contributed by atoms with van der Waals surface area (Å²) in [4.78, 5) is 3.48. The zero-order valence-corrected chi connectivity index (χ0v) is 13.5. The standard InChI is InChI=1S/C13H8Cl2FN3O3S/c14-6-1-2-8(15)9(3-6)17-13-18-12-10(20)4-7(16)5-11(12)23(21,22)19-13/h1-5,20H,(H2,17,18,19). The number of hydrogen-bond acceptors (Lipinski definition) is 5. The third-order valence-corrected chi connectivity index (χ3v) is 4.86. The van der Waals surface area contributed by atoms with E-state index in [1.54, 1.807) is 6.07 Å². The molecule has 10 heteroatoms. The molecule has 0 aliphatic carbocycles. The number of phenols is 1. The van der Waals surface area contributed by atoms with Crippen molar-refractivity contribution in [2.75, 3.05) is 5.32 Å². The number of aromatic hydroxyl groups is 1. The Morgan fingerprint density at radius 2 is 1.96 bits per heavy atom. The Bertz CT molecular complexity index is 948. The second-order valence-corrected chi connectivity index (χ2v) is 7.08. The first kappa shape index (κ1) is 15.9. The van der Waals surface area contributed by atoms with E-state index in [1.807, 2.05) is 0 Å². The van der Waals surface area contributed by atoms with Crippen LogP contribution in [0.15, 0.2) is 40.2 Å². The molecular weight excluding hydrogens is 368 g/mol. The van der Waals surface area contributed by atoms with Gasteiger partial charge >= 0.3 is 0 Å². The molecule has 2 aromatic carbocycles. The first-order valence-electron chi connectivity index (χ1n) is 6.12. The van der Waals surface area contributed by atoms with E-state index in [2.05, 4.69) is 15.0 Å². The van der Waals surface area contributed by atoms with Gasteiger partial charge in [-0.3, -0.25) is 0 Å². The molecule has 0 amide bonds. The highest BCUT2D eigenvalue weighted by molar-refractivity contribution is 7.90. The van der Waals surface area contributed by atoms with Gasteiger partial charge in [-0.1, -0.05) is 23.2 Å². The Balaban J connectivity index is 2.08. The lowest BCUT2D eigenvalue weighted by atomic mass is 10.3. The first-order chi connectivity index (χ1) is 10.8. The Kier molecular flexibility index (Phi) is 3.83. The Morgan fingerprint density at radius 3 is 2.70 bits per heavy atom. The van der Waals surface area contributed by atoms with E-state index in [0.29, 0.717) is 10.7 Å². The maximum absolute atomic E-state index is 13.3. The molecule has 0 aromatic heterocycles. The van der Waals surface area contributed by atoms with Crippen molar-refractivity contribution in [3.63, 3.8) is 0 Å². The summed E-state index contributed by atoms with van der Waals surface area (Å²) in [5, 5.41) is 13.1. The lowest BCUT2D eigenvalue weighted by Gasteiger charge is -2.20. The molecule has 0 radical (unpaired) electrons. The summed E-state index contributed by atoms with van der Waals surface area (Å²) in [7, 11) is -4.10. The van der Waals surface area contributed by atoms with Crippen molar-refractivity contribution in [2.45, 2.75) is 4.90 Å². The maximum atomic E-state index is 13.3. The van der Waals surface area contributed by atoms with Crippen LogP contribution < -0.4 is 10.0 Å². The number of phenolic OH excluding ortho intramolecular Hbond substituents is 1. The Labute approximate surface area is 140 Å². The molecule has 0 saturated heterocycles. The van der Waals surface area contributed by atoms with Gasteiger partial charge in [-0.05, 0) is 24.3 Å². The monoisotopic (exact) mass is 375 g/mol. The number of hydrogen-bond donors (Lipinski definition) is 3. The van der Waals surface area contributed by atoms with Gasteiger partial charge in [-0.25, -0.2) is 22.5 Å². The number of fused-ring (bicyclic) bond motifs is 1. The highest BCUT2D eigenvalue weighted by atomic mass is 35.5. The maximum Gasteiger partial charge on any atom is 0.266 e. The minimum atomic E-state index is -4.10. The van der Waals surface area contributed by atoms with Crippen LogP contribution in [-0.2, 0) is 10.0 Å². The molecule has 1 aliphatic heterocycles. The van der Waals surface area contributed by atoms with Crippen LogP contribution in [0.1, 0.15) is 0 Å². The van der Waals surface area contributed by atoms with Crippen LogP contribution in [0.4, 0.5) is 15.8 Å². The largest absolute Gasteiger partial charge is 0.506 e. The van der Waals surface area contributed by atoms with Gasteiger partial charge in [0, 0.05) is 11.1 Å². The van der Waals surface area contributed by atoms with Crippen molar-refractivity contribution in [2.24, 2.45) is 4.99 Å². The molecule has 3 rings (SSSR count). The lowest BCUT2D eigenvalue weighted by molar-refractivity contribution is 0.467. The molecule has 120 valence electrons. The molecule has 1 aliphatic rings. The fraction of sp³-hybridized carbons (Fsp3) is 0. The molecule has 0 spiro atoms. The van der Waals surface area contributed by atoms with Crippen LogP contribution >= 0.6 is 23.2 Å². The number of rotatable bonds is 1. The Hall–Kier alpha value is -2.03. The van der Waals surface area contributed by atoms with E-state index in [9.17, 15) is 17.9 Å². The summed E-state index contributed by atoms with van der Waals surface area (Å²) >= 11 is 11.8. The van der Waals surface area contributed by atoms with Crippen LogP contribution in [0, 0.1) is 5.82 Å². The van der Waals surface area contributed by atoms with E-state index in [0.717, 1.165) is 12.1 Å². The highest BCUT2D eigenvalue weighted by Crippen LogP contribution is 2.37. The number of sulfonamides is 1. The predicted octanol–water partition coefficient (Wildman–Crippen LogP) is 3.23. The number of nitrogens with zero attached hydrogens (tertiary/aromatic N) is 1. The molecule has 23 heavy (non-hydrogen) atoms. The summed E-state index contributed by atoms with van der Waals surface area (Å²) in [6, 6.07) is 6.09. The SMILES string of the molecule is O=S1(=O)NC(Nc2cc(Cl)ccc2Cl)=Nc2c(O)cc(F)cc21. The highest BCUT2D eigenvalue weighted by Gasteiger charge is 2.29. The van der Waals surface area contributed by atoms with Gasteiger partial charge in [-0.15, -0.1) is 0 Å². The molecule has 0 unspecified atom stereocenters. The zero-order chi connectivity index (χ0) is 16.8. The average molecular weight is 376 g/mol. The van der Waals surface area contributed by atoms with Gasteiger partial charge in [0.2, 0.25) is 5.96 Å². The molecule has 0 fully saturated rings. The van der Waals surface area contributed by atoms with Gasteiger partial charge in [-0.2, -0.15) is 0 Å².